The molecule has 10 heteroatoms. The van der Waals surface area contributed by atoms with Crippen molar-refractivity contribution in [1.82, 2.24) is 9.55 Å². The third kappa shape index (κ3) is 2.60. The lowest BCUT2D eigenvalue weighted by molar-refractivity contribution is -0.138. The zero-order valence-corrected chi connectivity index (χ0v) is 11.2. The highest BCUT2D eigenvalue weighted by molar-refractivity contribution is 5.90. The fourth-order valence-corrected chi connectivity index (χ4v) is 1.79. The van der Waals surface area contributed by atoms with Gasteiger partial charge >= 0.3 is 11.9 Å². The monoisotopic (exact) mass is 325 g/mol. The third-order valence-corrected chi connectivity index (χ3v) is 3.08. The molecule has 22 heavy (non-hydrogen) atoms. The molecule has 0 bridgehead atoms. The second-order valence-corrected chi connectivity index (χ2v) is 4.59. The predicted molar refractivity (Wildman–Crippen MR) is 66.0 cm³/mol. The molecule has 0 spiro atoms. The van der Waals surface area contributed by atoms with Crippen molar-refractivity contribution in [2.24, 2.45) is 7.05 Å². The van der Waals surface area contributed by atoms with E-state index in [0.717, 1.165) is 7.05 Å². The van der Waals surface area contributed by atoms with Crippen molar-refractivity contribution in [3.05, 3.63) is 34.0 Å². The van der Waals surface area contributed by atoms with Crippen molar-refractivity contribution in [1.29, 1.82) is 0 Å². The Morgan fingerprint density at radius 2 is 1.82 bits per heavy atom. The summed E-state index contributed by atoms with van der Waals surface area (Å²) >= 11 is 0. The molecule has 0 radical (unpaired) electrons. The van der Waals surface area contributed by atoms with Gasteiger partial charge in [-0.1, -0.05) is 0 Å². The maximum Gasteiger partial charge on any atom is 0.408 e. The summed E-state index contributed by atoms with van der Waals surface area (Å²) in [6.45, 7) is 0.711. The number of nitrogens with zero attached hydrogens (tertiary/aromatic N) is 2. The molecular weight excluding hydrogens is 316 g/mol. The Morgan fingerprint density at radius 1 is 1.23 bits per heavy atom. The highest BCUT2D eigenvalue weighted by atomic mass is 19.4. The summed E-state index contributed by atoms with van der Waals surface area (Å²) in [5.41, 5.74) is -1.47. The van der Waals surface area contributed by atoms with Crippen LogP contribution in [0.5, 0.6) is 0 Å². The molecule has 0 saturated heterocycles. The standard InChI is InChI=1S/C12H9F6N3O/c1-4(12(16,17)18)19-10-7-6(21(2)11(22)20-10)3-5(13)8(14)9(7)15/h3-4H,1-2H3,(H,19,20,22). The van der Waals surface area contributed by atoms with Crippen molar-refractivity contribution in [3.63, 3.8) is 0 Å². The molecule has 1 aromatic heterocycles. The second kappa shape index (κ2) is 5.18. The molecule has 0 aliphatic carbocycles. The maximum absolute atomic E-state index is 13.9. The van der Waals surface area contributed by atoms with Crippen molar-refractivity contribution in [2.75, 3.05) is 5.32 Å². The molecule has 1 N–H and O–H groups in total. The van der Waals surface area contributed by atoms with Crippen LogP contribution in [0.15, 0.2) is 10.9 Å². The van der Waals surface area contributed by atoms with Crippen LogP contribution in [0.3, 0.4) is 0 Å². The van der Waals surface area contributed by atoms with Crippen molar-refractivity contribution in [2.45, 2.75) is 19.1 Å². The van der Waals surface area contributed by atoms with E-state index >= 15 is 0 Å². The van der Waals surface area contributed by atoms with Crippen LogP contribution in [-0.4, -0.2) is 21.8 Å². The zero-order valence-electron chi connectivity index (χ0n) is 11.2. The summed E-state index contributed by atoms with van der Waals surface area (Å²) in [6, 6.07) is -1.66. The summed E-state index contributed by atoms with van der Waals surface area (Å²) in [4.78, 5) is 14.8. The molecule has 0 saturated carbocycles. The fraction of sp³-hybridized carbons (Fsp3) is 0.333. The van der Waals surface area contributed by atoms with E-state index in [0.29, 0.717) is 17.6 Å². The van der Waals surface area contributed by atoms with Gasteiger partial charge in [-0.3, -0.25) is 4.57 Å². The van der Waals surface area contributed by atoms with Crippen LogP contribution in [0.1, 0.15) is 6.92 Å². The van der Waals surface area contributed by atoms with Crippen LogP contribution < -0.4 is 11.0 Å². The number of halogens is 6. The van der Waals surface area contributed by atoms with Gasteiger partial charge in [-0.15, -0.1) is 0 Å². The minimum absolute atomic E-state index is 0.423. The van der Waals surface area contributed by atoms with Gasteiger partial charge in [0.25, 0.3) is 0 Å². The van der Waals surface area contributed by atoms with Crippen LogP contribution in [-0.2, 0) is 7.05 Å². The first-order chi connectivity index (χ1) is 10.0. The van der Waals surface area contributed by atoms with Gasteiger partial charge in [0.2, 0.25) is 0 Å². The normalized spacial score (nSPS) is 13.5. The summed E-state index contributed by atoms with van der Waals surface area (Å²) in [6.07, 6.45) is -4.70. The zero-order chi connectivity index (χ0) is 16.8. The van der Waals surface area contributed by atoms with Gasteiger partial charge in [-0.05, 0) is 6.92 Å². The van der Waals surface area contributed by atoms with Crippen molar-refractivity contribution >= 4 is 16.7 Å². The SMILES string of the molecule is CC(Nc1nc(=O)n(C)c2cc(F)c(F)c(F)c12)C(F)(F)F. The Bertz CT molecular complexity index is 798. The van der Waals surface area contributed by atoms with Crippen LogP contribution in [0.4, 0.5) is 32.2 Å². The molecule has 2 aromatic rings. The average Bonchev–Trinajstić information content (AvgIpc) is 2.40. The lowest BCUT2D eigenvalue weighted by Gasteiger charge is -2.19. The van der Waals surface area contributed by atoms with E-state index in [1.54, 1.807) is 5.32 Å². The largest absolute Gasteiger partial charge is 0.408 e. The van der Waals surface area contributed by atoms with E-state index in [-0.39, 0.29) is 0 Å². The highest BCUT2D eigenvalue weighted by Crippen LogP contribution is 2.29. The Kier molecular flexibility index (Phi) is 3.80. The lowest BCUT2D eigenvalue weighted by atomic mass is 10.2. The number of anilines is 1. The number of alkyl halides is 3. The number of nitrogens with one attached hydrogen (secondary N) is 1. The molecule has 1 unspecified atom stereocenters. The minimum atomic E-state index is -4.70. The minimum Gasteiger partial charge on any atom is -0.358 e. The molecular formula is C12H9F6N3O. The van der Waals surface area contributed by atoms with E-state index in [1.807, 2.05) is 0 Å². The molecule has 0 aliphatic rings. The average molecular weight is 325 g/mol. The number of rotatable bonds is 2. The topological polar surface area (TPSA) is 46.9 Å². The van der Waals surface area contributed by atoms with Gasteiger partial charge in [0.1, 0.15) is 11.9 Å². The Balaban J connectivity index is 2.77. The summed E-state index contributed by atoms with van der Waals surface area (Å²) < 4.78 is 78.8. The molecule has 1 atom stereocenters. The lowest BCUT2D eigenvalue weighted by Crippen LogP contribution is -2.35. The molecule has 0 aliphatic heterocycles. The van der Waals surface area contributed by atoms with Gasteiger partial charge in [0.05, 0.1) is 10.9 Å². The van der Waals surface area contributed by atoms with Gasteiger partial charge < -0.3 is 5.32 Å². The predicted octanol–water partition coefficient (Wildman–Crippen LogP) is 2.71. The van der Waals surface area contributed by atoms with E-state index in [1.165, 1.54) is 0 Å². The van der Waals surface area contributed by atoms with E-state index in [2.05, 4.69) is 4.98 Å². The van der Waals surface area contributed by atoms with Crippen molar-refractivity contribution < 1.29 is 26.3 Å². The first-order valence-corrected chi connectivity index (χ1v) is 5.91. The van der Waals surface area contributed by atoms with Gasteiger partial charge in [0, 0.05) is 13.1 Å². The first-order valence-electron chi connectivity index (χ1n) is 5.91. The van der Waals surface area contributed by atoms with Crippen LogP contribution in [0.25, 0.3) is 10.9 Å². The number of hydrogen-bond acceptors (Lipinski definition) is 3. The number of hydrogen-bond donors (Lipinski definition) is 1. The van der Waals surface area contributed by atoms with Crippen LogP contribution >= 0.6 is 0 Å². The third-order valence-electron chi connectivity index (χ3n) is 3.08. The summed E-state index contributed by atoms with van der Waals surface area (Å²) in [5, 5.41) is 1.06. The Morgan fingerprint density at radius 3 is 2.36 bits per heavy atom. The molecule has 1 aromatic carbocycles. The van der Waals surface area contributed by atoms with Crippen LogP contribution in [0.2, 0.25) is 0 Å². The summed E-state index contributed by atoms with van der Waals surface area (Å²) in [5.74, 6) is -5.97. The molecule has 2 rings (SSSR count). The molecule has 0 fully saturated rings. The van der Waals surface area contributed by atoms with E-state index < -0.39 is 52.1 Å². The molecule has 0 amide bonds. The Labute approximate surface area is 119 Å². The molecule has 1 heterocycles. The smallest absolute Gasteiger partial charge is 0.358 e. The van der Waals surface area contributed by atoms with Crippen LogP contribution in [0, 0.1) is 17.5 Å². The second-order valence-electron chi connectivity index (χ2n) is 4.59. The number of aromatic nitrogens is 2. The molecule has 4 nitrogen and oxygen atoms in total. The first kappa shape index (κ1) is 16.1. The number of fused-ring (bicyclic) bond motifs is 1. The van der Waals surface area contributed by atoms with E-state index in [4.69, 9.17) is 0 Å². The molecule has 120 valence electrons. The van der Waals surface area contributed by atoms with Gasteiger partial charge in [-0.25, -0.2) is 18.0 Å². The van der Waals surface area contributed by atoms with Crippen molar-refractivity contribution in [3.8, 4) is 0 Å². The quantitative estimate of drug-likeness (QED) is 0.682. The highest BCUT2D eigenvalue weighted by Gasteiger charge is 2.37. The number of aryl methyl sites for hydroxylation is 1. The fourth-order valence-electron chi connectivity index (χ4n) is 1.79. The van der Waals surface area contributed by atoms with Gasteiger partial charge in [-0.2, -0.15) is 18.2 Å². The summed E-state index contributed by atoms with van der Waals surface area (Å²) in [7, 11) is 1.10. The Hall–Kier alpha value is -2.26. The maximum atomic E-state index is 13.9. The van der Waals surface area contributed by atoms with E-state index in [9.17, 15) is 31.1 Å². The van der Waals surface area contributed by atoms with Gasteiger partial charge in [0.15, 0.2) is 17.5 Å². The number of benzene rings is 1.